The number of rotatable bonds is 8. The van der Waals surface area contributed by atoms with Crippen LogP contribution in [0.1, 0.15) is 38.3 Å². The lowest BCUT2D eigenvalue weighted by molar-refractivity contribution is -0.155. The first kappa shape index (κ1) is 19.4. The predicted molar refractivity (Wildman–Crippen MR) is 92.9 cm³/mol. The maximum Gasteiger partial charge on any atom is 0.324 e. The van der Waals surface area contributed by atoms with E-state index < -0.39 is 18.1 Å². The van der Waals surface area contributed by atoms with Crippen molar-refractivity contribution >= 4 is 23.8 Å². The third-order valence-electron chi connectivity index (χ3n) is 4.04. The molecule has 0 bridgehead atoms. The molecule has 0 radical (unpaired) electrons. The summed E-state index contributed by atoms with van der Waals surface area (Å²) < 4.78 is 5.11. The molecular formula is C18H23N3O5. The smallest absolute Gasteiger partial charge is 0.324 e. The van der Waals surface area contributed by atoms with E-state index in [0.29, 0.717) is 0 Å². The van der Waals surface area contributed by atoms with Gasteiger partial charge < -0.3 is 15.4 Å². The molecule has 0 saturated carbocycles. The molecule has 1 fully saturated rings. The lowest BCUT2D eigenvalue weighted by Crippen LogP contribution is -2.37. The first-order valence-electron chi connectivity index (χ1n) is 8.51. The highest BCUT2D eigenvalue weighted by atomic mass is 16.5. The highest BCUT2D eigenvalue weighted by Crippen LogP contribution is 2.12. The van der Waals surface area contributed by atoms with Crippen LogP contribution in [0.3, 0.4) is 0 Å². The van der Waals surface area contributed by atoms with Gasteiger partial charge in [-0.3, -0.25) is 19.3 Å². The maximum atomic E-state index is 12.1. The Labute approximate surface area is 151 Å². The summed E-state index contributed by atoms with van der Waals surface area (Å²) in [7, 11) is 0. The molecule has 1 aromatic rings. The molecule has 4 amide bonds. The number of nitrogens with one attached hydrogen (secondary N) is 2. The van der Waals surface area contributed by atoms with Crippen LogP contribution >= 0.6 is 0 Å². The third-order valence-corrected chi connectivity index (χ3v) is 4.04. The van der Waals surface area contributed by atoms with E-state index in [-0.39, 0.29) is 43.8 Å². The second-order valence-corrected chi connectivity index (χ2v) is 6.08. The highest BCUT2D eigenvalue weighted by Gasteiger charge is 2.28. The number of amides is 4. The Hall–Kier alpha value is -2.90. The van der Waals surface area contributed by atoms with E-state index in [9.17, 15) is 19.2 Å². The van der Waals surface area contributed by atoms with Gasteiger partial charge in [0.25, 0.3) is 5.91 Å². The Morgan fingerprint density at radius 1 is 1.23 bits per heavy atom. The van der Waals surface area contributed by atoms with E-state index in [1.54, 1.807) is 0 Å². The minimum atomic E-state index is -0.926. The first-order chi connectivity index (χ1) is 12.4. The summed E-state index contributed by atoms with van der Waals surface area (Å²) in [5.74, 6) is -1.25. The molecule has 26 heavy (non-hydrogen) atoms. The van der Waals surface area contributed by atoms with Gasteiger partial charge in [-0.2, -0.15) is 0 Å². The van der Waals surface area contributed by atoms with Crippen LogP contribution in [0, 0.1) is 0 Å². The Balaban J connectivity index is 1.71. The molecule has 0 spiro atoms. The SMILES string of the molecule is C[C@@H](OC(=O)CCCN1C(=O)CNC1=O)C(=O)N[C@H](C)c1ccccc1. The Bertz CT molecular complexity index is 661. The third kappa shape index (κ3) is 5.30. The van der Waals surface area contributed by atoms with Gasteiger partial charge in [-0.05, 0) is 25.8 Å². The minimum absolute atomic E-state index is 0.0138. The van der Waals surface area contributed by atoms with Crippen LogP contribution in [0.4, 0.5) is 4.79 Å². The van der Waals surface area contributed by atoms with Crippen LogP contribution in [-0.4, -0.2) is 47.9 Å². The van der Waals surface area contributed by atoms with Crippen molar-refractivity contribution in [2.24, 2.45) is 0 Å². The standard InChI is InChI=1S/C18H23N3O5/c1-12(14-7-4-3-5-8-14)20-17(24)13(2)26-16(23)9-6-10-21-15(22)11-19-18(21)25/h3-5,7-8,12-13H,6,9-11H2,1-2H3,(H,19,25)(H,20,24)/t12-,13-/m1/s1. The van der Waals surface area contributed by atoms with Gasteiger partial charge in [0.1, 0.15) is 0 Å². The number of imide groups is 1. The fraction of sp³-hybridized carbons (Fsp3) is 0.444. The van der Waals surface area contributed by atoms with Crippen molar-refractivity contribution in [1.82, 2.24) is 15.5 Å². The molecule has 8 nitrogen and oxygen atoms in total. The number of benzene rings is 1. The van der Waals surface area contributed by atoms with Gasteiger partial charge in [0.15, 0.2) is 6.10 Å². The van der Waals surface area contributed by atoms with Crippen LogP contribution in [0.2, 0.25) is 0 Å². The molecular weight excluding hydrogens is 338 g/mol. The molecule has 1 heterocycles. The van der Waals surface area contributed by atoms with Gasteiger partial charge in [0.2, 0.25) is 5.91 Å². The Morgan fingerprint density at radius 3 is 2.54 bits per heavy atom. The van der Waals surface area contributed by atoms with Crippen LogP contribution in [0.25, 0.3) is 0 Å². The first-order valence-corrected chi connectivity index (χ1v) is 8.51. The Morgan fingerprint density at radius 2 is 1.92 bits per heavy atom. The monoisotopic (exact) mass is 361 g/mol. The van der Waals surface area contributed by atoms with Crippen molar-refractivity contribution in [1.29, 1.82) is 0 Å². The summed E-state index contributed by atoms with van der Waals surface area (Å²) >= 11 is 0. The van der Waals surface area contributed by atoms with Crippen molar-refractivity contribution in [2.75, 3.05) is 13.1 Å². The van der Waals surface area contributed by atoms with E-state index in [0.717, 1.165) is 10.5 Å². The predicted octanol–water partition coefficient (Wildman–Crippen LogP) is 1.13. The van der Waals surface area contributed by atoms with E-state index >= 15 is 0 Å². The molecule has 2 N–H and O–H groups in total. The fourth-order valence-corrected chi connectivity index (χ4v) is 2.53. The number of nitrogens with zero attached hydrogens (tertiary/aromatic N) is 1. The zero-order valence-electron chi connectivity index (χ0n) is 14.9. The average molecular weight is 361 g/mol. The summed E-state index contributed by atoms with van der Waals surface area (Å²) in [5, 5.41) is 5.20. The van der Waals surface area contributed by atoms with Crippen LogP contribution < -0.4 is 10.6 Å². The van der Waals surface area contributed by atoms with Crippen LogP contribution in [0.5, 0.6) is 0 Å². The number of hydrogen-bond acceptors (Lipinski definition) is 5. The van der Waals surface area contributed by atoms with Gasteiger partial charge in [0.05, 0.1) is 12.6 Å². The summed E-state index contributed by atoms with van der Waals surface area (Å²) in [6.07, 6.45) is -0.624. The molecule has 1 aliphatic rings. The zero-order valence-corrected chi connectivity index (χ0v) is 14.9. The molecule has 1 saturated heterocycles. The van der Waals surface area contributed by atoms with Gasteiger partial charge in [-0.15, -0.1) is 0 Å². The summed E-state index contributed by atoms with van der Waals surface area (Å²) in [6.45, 7) is 3.48. The zero-order chi connectivity index (χ0) is 19.1. The number of esters is 1. The highest BCUT2D eigenvalue weighted by molar-refractivity contribution is 6.01. The molecule has 8 heteroatoms. The average Bonchev–Trinajstić information content (AvgIpc) is 2.94. The lowest BCUT2D eigenvalue weighted by atomic mass is 10.1. The van der Waals surface area contributed by atoms with Crippen molar-refractivity contribution < 1.29 is 23.9 Å². The Kier molecular flexibility index (Phi) is 6.71. The van der Waals surface area contributed by atoms with Gasteiger partial charge in [-0.1, -0.05) is 30.3 Å². The van der Waals surface area contributed by atoms with E-state index in [2.05, 4.69) is 10.6 Å². The van der Waals surface area contributed by atoms with Gasteiger partial charge in [0, 0.05) is 13.0 Å². The summed E-state index contributed by atoms with van der Waals surface area (Å²) in [4.78, 5) is 47.8. The number of carbonyl (C=O) groups excluding carboxylic acids is 4. The molecule has 2 rings (SSSR count). The quantitative estimate of drug-likeness (QED) is 0.533. The van der Waals surface area contributed by atoms with Crippen molar-refractivity contribution in [3.8, 4) is 0 Å². The van der Waals surface area contributed by atoms with E-state index in [1.165, 1.54) is 6.92 Å². The molecule has 0 aliphatic carbocycles. The molecule has 0 aromatic heterocycles. The molecule has 2 atom stereocenters. The largest absolute Gasteiger partial charge is 0.453 e. The molecule has 140 valence electrons. The second kappa shape index (κ2) is 8.98. The van der Waals surface area contributed by atoms with Crippen LogP contribution in [-0.2, 0) is 19.1 Å². The number of urea groups is 1. The van der Waals surface area contributed by atoms with Gasteiger partial charge in [-0.25, -0.2) is 4.79 Å². The molecule has 1 aromatic carbocycles. The van der Waals surface area contributed by atoms with Crippen molar-refractivity contribution in [2.45, 2.75) is 38.8 Å². The van der Waals surface area contributed by atoms with E-state index in [4.69, 9.17) is 4.74 Å². The maximum absolute atomic E-state index is 12.1. The topological polar surface area (TPSA) is 105 Å². The minimum Gasteiger partial charge on any atom is -0.453 e. The van der Waals surface area contributed by atoms with Crippen LogP contribution in [0.15, 0.2) is 30.3 Å². The summed E-state index contributed by atoms with van der Waals surface area (Å²) in [5.41, 5.74) is 0.952. The normalized spacial score (nSPS) is 16.0. The number of ether oxygens (including phenoxy) is 1. The van der Waals surface area contributed by atoms with Crippen molar-refractivity contribution in [3.63, 3.8) is 0 Å². The van der Waals surface area contributed by atoms with Gasteiger partial charge >= 0.3 is 12.0 Å². The second-order valence-electron chi connectivity index (χ2n) is 6.08. The molecule has 1 aliphatic heterocycles. The fourth-order valence-electron chi connectivity index (χ4n) is 2.53. The number of hydrogen-bond donors (Lipinski definition) is 2. The lowest BCUT2D eigenvalue weighted by Gasteiger charge is -2.18. The number of carbonyl (C=O) groups is 4. The van der Waals surface area contributed by atoms with E-state index in [1.807, 2.05) is 37.3 Å². The summed E-state index contributed by atoms with van der Waals surface area (Å²) in [6, 6.07) is 8.80. The molecule has 0 unspecified atom stereocenters. The van der Waals surface area contributed by atoms with Crippen molar-refractivity contribution in [3.05, 3.63) is 35.9 Å².